The van der Waals surface area contributed by atoms with E-state index < -0.39 is 0 Å². The Hall–Kier alpha value is -1.30. The zero-order valence-electron chi connectivity index (χ0n) is 11.8. The van der Waals surface area contributed by atoms with Crippen molar-refractivity contribution in [2.45, 2.75) is 18.6 Å². The van der Waals surface area contributed by atoms with Crippen LogP contribution in [0.2, 0.25) is 0 Å². The van der Waals surface area contributed by atoms with Crippen LogP contribution in [-0.2, 0) is 9.47 Å². The fourth-order valence-electron chi connectivity index (χ4n) is 2.55. The third-order valence-electron chi connectivity index (χ3n) is 3.67. The van der Waals surface area contributed by atoms with Crippen molar-refractivity contribution in [3.05, 3.63) is 23.8 Å². The first kappa shape index (κ1) is 13.7. The van der Waals surface area contributed by atoms with E-state index in [0.717, 1.165) is 49.8 Å². The zero-order valence-corrected chi connectivity index (χ0v) is 11.8. The fraction of sp³-hybridized carbons (Fsp3) is 0.600. The third-order valence-corrected chi connectivity index (χ3v) is 3.67. The van der Waals surface area contributed by atoms with E-state index in [1.165, 1.54) is 0 Å². The minimum absolute atomic E-state index is 0.0847. The molecule has 0 radical (unpaired) electrons. The Morgan fingerprint density at radius 3 is 2.90 bits per heavy atom. The van der Waals surface area contributed by atoms with E-state index in [1.807, 2.05) is 18.2 Å². The second-order valence-corrected chi connectivity index (χ2v) is 5.08. The van der Waals surface area contributed by atoms with Gasteiger partial charge in [0, 0.05) is 19.5 Å². The first-order chi connectivity index (χ1) is 9.86. The van der Waals surface area contributed by atoms with E-state index >= 15 is 0 Å². The van der Waals surface area contributed by atoms with Crippen LogP contribution in [0.1, 0.15) is 18.1 Å². The van der Waals surface area contributed by atoms with Crippen LogP contribution in [0.25, 0.3) is 0 Å². The van der Waals surface area contributed by atoms with Crippen LogP contribution in [0, 0.1) is 0 Å². The van der Waals surface area contributed by atoms with Gasteiger partial charge in [-0.2, -0.15) is 0 Å². The lowest BCUT2D eigenvalue weighted by Gasteiger charge is -2.25. The highest BCUT2D eigenvalue weighted by molar-refractivity contribution is 5.44. The highest BCUT2D eigenvalue weighted by Crippen LogP contribution is 2.33. The predicted molar refractivity (Wildman–Crippen MR) is 74.4 cm³/mol. The van der Waals surface area contributed by atoms with Gasteiger partial charge in [-0.3, -0.25) is 0 Å². The fourth-order valence-corrected chi connectivity index (χ4v) is 2.55. The van der Waals surface area contributed by atoms with E-state index in [0.29, 0.717) is 6.61 Å². The lowest BCUT2D eigenvalue weighted by Crippen LogP contribution is -2.33. The second-order valence-electron chi connectivity index (χ2n) is 5.08. The maximum atomic E-state index is 5.93. The van der Waals surface area contributed by atoms with Crippen molar-refractivity contribution in [1.29, 1.82) is 0 Å². The average Bonchev–Trinajstić information content (AvgIpc) is 3.01. The lowest BCUT2D eigenvalue weighted by molar-refractivity contribution is 0.0275. The number of morpholine rings is 1. The summed E-state index contributed by atoms with van der Waals surface area (Å²) in [6.45, 7) is 3.91. The van der Waals surface area contributed by atoms with Crippen molar-refractivity contribution < 1.29 is 18.9 Å². The largest absolute Gasteiger partial charge is 0.493 e. The van der Waals surface area contributed by atoms with Crippen molar-refractivity contribution in [1.82, 2.24) is 5.32 Å². The Morgan fingerprint density at radius 2 is 2.20 bits per heavy atom. The van der Waals surface area contributed by atoms with Gasteiger partial charge in [0.15, 0.2) is 11.5 Å². The van der Waals surface area contributed by atoms with Crippen LogP contribution in [0.4, 0.5) is 0 Å². The second kappa shape index (κ2) is 6.43. The summed E-state index contributed by atoms with van der Waals surface area (Å²) >= 11 is 0. The van der Waals surface area contributed by atoms with Crippen LogP contribution in [-0.4, -0.2) is 46.1 Å². The Bertz CT molecular complexity index is 439. The smallest absolute Gasteiger partial charge is 0.161 e. The quantitative estimate of drug-likeness (QED) is 0.905. The van der Waals surface area contributed by atoms with Gasteiger partial charge in [-0.25, -0.2) is 0 Å². The third kappa shape index (κ3) is 3.06. The van der Waals surface area contributed by atoms with Gasteiger partial charge in [0.05, 0.1) is 33.0 Å². The number of benzene rings is 1. The molecule has 2 unspecified atom stereocenters. The number of nitrogens with one attached hydrogen (secondary N) is 1. The highest BCUT2D eigenvalue weighted by Gasteiger charge is 2.21. The molecular weight excluding hydrogens is 258 g/mol. The topological polar surface area (TPSA) is 49.0 Å². The van der Waals surface area contributed by atoms with Gasteiger partial charge in [0.2, 0.25) is 0 Å². The number of methoxy groups -OCH3 is 1. The van der Waals surface area contributed by atoms with E-state index in [1.54, 1.807) is 7.11 Å². The molecule has 0 aliphatic carbocycles. The van der Waals surface area contributed by atoms with Gasteiger partial charge in [-0.05, 0) is 17.7 Å². The highest BCUT2D eigenvalue weighted by atomic mass is 16.6. The Kier molecular flexibility index (Phi) is 4.40. The molecule has 5 heteroatoms. The van der Waals surface area contributed by atoms with Crippen molar-refractivity contribution in [2.24, 2.45) is 0 Å². The molecule has 2 saturated heterocycles. The molecule has 2 aliphatic heterocycles. The summed E-state index contributed by atoms with van der Waals surface area (Å²) in [4.78, 5) is 0. The van der Waals surface area contributed by atoms with Gasteiger partial charge in [-0.15, -0.1) is 0 Å². The average molecular weight is 279 g/mol. The number of hydrogen-bond acceptors (Lipinski definition) is 5. The molecule has 0 aromatic heterocycles. The van der Waals surface area contributed by atoms with Gasteiger partial charge in [-0.1, -0.05) is 6.07 Å². The molecule has 2 heterocycles. The number of ether oxygens (including phenoxy) is 4. The molecule has 0 bridgehead atoms. The van der Waals surface area contributed by atoms with E-state index in [-0.39, 0.29) is 12.2 Å². The van der Waals surface area contributed by atoms with Crippen molar-refractivity contribution in [2.75, 3.05) is 40.0 Å². The van der Waals surface area contributed by atoms with E-state index in [4.69, 9.17) is 18.9 Å². The standard InChI is InChI=1S/C15H21NO4/c1-17-14-8-11(15-9-16-5-7-19-15)2-3-13(14)20-12-4-6-18-10-12/h2-3,8,12,15-16H,4-7,9-10H2,1H3. The van der Waals surface area contributed by atoms with Crippen LogP contribution in [0.15, 0.2) is 18.2 Å². The van der Waals surface area contributed by atoms with Crippen LogP contribution in [0.5, 0.6) is 11.5 Å². The molecule has 5 nitrogen and oxygen atoms in total. The summed E-state index contributed by atoms with van der Waals surface area (Å²) in [5, 5.41) is 3.33. The molecule has 1 N–H and O–H groups in total. The van der Waals surface area contributed by atoms with Crippen LogP contribution >= 0.6 is 0 Å². The molecule has 0 spiro atoms. The van der Waals surface area contributed by atoms with Gasteiger partial charge in [0.1, 0.15) is 6.10 Å². The molecule has 0 saturated carbocycles. The lowest BCUT2D eigenvalue weighted by atomic mass is 10.1. The molecule has 110 valence electrons. The maximum absolute atomic E-state index is 5.93. The zero-order chi connectivity index (χ0) is 13.8. The van der Waals surface area contributed by atoms with E-state index in [2.05, 4.69) is 5.32 Å². The number of hydrogen-bond donors (Lipinski definition) is 1. The van der Waals surface area contributed by atoms with Gasteiger partial charge < -0.3 is 24.3 Å². The first-order valence-corrected chi connectivity index (χ1v) is 7.11. The summed E-state index contributed by atoms with van der Waals surface area (Å²) in [6.07, 6.45) is 1.14. The molecular formula is C15H21NO4. The molecule has 2 aliphatic rings. The normalized spacial score (nSPS) is 26.4. The molecule has 2 fully saturated rings. The van der Waals surface area contributed by atoms with Crippen molar-refractivity contribution in [3.63, 3.8) is 0 Å². The van der Waals surface area contributed by atoms with Crippen molar-refractivity contribution >= 4 is 0 Å². The monoisotopic (exact) mass is 279 g/mol. The van der Waals surface area contributed by atoms with Crippen LogP contribution in [0.3, 0.4) is 0 Å². The molecule has 1 aromatic rings. The molecule has 20 heavy (non-hydrogen) atoms. The summed E-state index contributed by atoms with van der Waals surface area (Å²) in [7, 11) is 1.66. The molecule has 1 aromatic carbocycles. The minimum Gasteiger partial charge on any atom is -0.493 e. The minimum atomic E-state index is 0.0847. The molecule has 0 amide bonds. The van der Waals surface area contributed by atoms with Gasteiger partial charge >= 0.3 is 0 Å². The van der Waals surface area contributed by atoms with Crippen LogP contribution < -0.4 is 14.8 Å². The molecule has 2 atom stereocenters. The molecule has 3 rings (SSSR count). The van der Waals surface area contributed by atoms with E-state index in [9.17, 15) is 0 Å². The predicted octanol–water partition coefficient (Wildman–Crippen LogP) is 1.52. The maximum Gasteiger partial charge on any atom is 0.161 e. The summed E-state index contributed by atoms with van der Waals surface area (Å²) < 4.78 is 22.5. The first-order valence-electron chi connectivity index (χ1n) is 7.11. The van der Waals surface area contributed by atoms with Crippen molar-refractivity contribution in [3.8, 4) is 11.5 Å². The summed E-state index contributed by atoms with van der Waals surface area (Å²) in [5.74, 6) is 1.53. The Labute approximate surface area is 119 Å². The van der Waals surface area contributed by atoms with Gasteiger partial charge in [0.25, 0.3) is 0 Å². The summed E-state index contributed by atoms with van der Waals surface area (Å²) in [6, 6.07) is 6.01. The SMILES string of the molecule is COc1cc(C2CNCCO2)ccc1OC1CCOC1. The Balaban J connectivity index is 1.74. The number of rotatable bonds is 4. The Morgan fingerprint density at radius 1 is 1.25 bits per heavy atom. The summed E-state index contributed by atoms with van der Waals surface area (Å²) in [5.41, 5.74) is 1.11.